The number of rotatable bonds is 3. The molecule has 4 heteroatoms. The normalized spacial score (nSPS) is 11.5. The second-order valence-electron chi connectivity index (χ2n) is 6.08. The fourth-order valence-electron chi connectivity index (χ4n) is 1.90. The van der Waals surface area contributed by atoms with Crippen molar-refractivity contribution in [3.8, 4) is 11.6 Å². The van der Waals surface area contributed by atoms with Crippen LogP contribution in [0.15, 0.2) is 24.3 Å². The van der Waals surface area contributed by atoms with E-state index in [0.29, 0.717) is 16.9 Å². The number of nitrogens with zero attached hydrogens (tertiary/aromatic N) is 2. The van der Waals surface area contributed by atoms with E-state index in [4.69, 9.17) is 16.3 Å². The van der Waals surface area contributed by atoms with E-state index in [-0.39, 0.29) is 5.41 Å². The van der Waals surface area contributed by atoms with Gasteiger partial charge >= 0.3 is 0 Å². The summed E-state index contributed by atoms with van der Waals surface area (Å²) in [7, 11) is 0. The molecule has 3 nitrogen and oxygen atoms in total. The van der Waals surface area contributed by atoms with Crippen LogP contribution in [0.2, 0.25) is 5.15 Å². The maximum Gasteiger partial charge on any atom is 0.227 e. The van der Waals surface area contributed by atoms with Gasteiger partial charge in [0.2, 0.25) is 5.88 Å². The Kier molecular flexibility index (Phi) is 4.52. The van der Waals surface area contributed by atoms with Gasteiger partial charge in [-0.25, -0.2) is 4.98 Å². The van der Waals surface area contributed by atoms with Crippen LogP contribution >= 0.6 is 11.6 Å². The van der Waals surface area contributed by atoms with Crippen molar-refractivity contribution in [2.75, 3.05) is 0 Å². The first-order chi connectivity index (χ1) is 9.82. The van der Waals surface area contributed by atoms with E-state index in [1.165, 1.54) is 0 Å². The van der Waals surface area contributed by atoms with Crippen LogP contribution in [0.4, 0.5) is 0 Å². The highest BCUT2D eigenvalue weighted by atomic mass is 35.5. The largest absolute Gasteiger partial charge is 0.438 e. The summed E-state index contributed by atoms with van der Waals surface area (Å²) in [6.07, 6.45) is 0.903. The quantitative estimate of drug-likeness (QED) is 0.741. The number of ether oxygens (including phenoxy) is 1. The fraction of sp³-hybridized carbons (Fsp3) is 0.412. The van der Waals surface area contributed by atoms with Crippen LogP contribution in [0, 0.1) is 6.92 Å². The molecule has 2 aromatic rings. The first kappa shape index (κ1) is 15.8. The van der Waals surface area contributed by atoms with Crippen LogP contribution in [0.3, 0.4) is 0 Å². The molecule has 0 spiro atoms. The smallest absolute Gasteiger partial charge is 0.227 e. The molecule has 0 atom stereocenters. The van der Waals surface area contributed by atoms with Crippen LogP contribution in [0.5, 0.6) is 11.6 Å². The average molecular weight is 305 g/mol. The van der Waals surface area contributed by atoms with Crippen LogP contribution in [-0.2, 0) is 11.8 Å². The summed E-state index contributed by atoms with van der Waals surface area (Å²) in [5.74, 6) is 2.03. The van der Waals surface area contributed by atoms with Crippen molar-refractivity contribution in [2.24, 2.45) is 0 Å². The average Bonchev–Trinajstić information content (AvgIpc) is 2.43. The summed E-state index contributed by atoms with van der Waals surface area (Å²) in [6.45, 7) is 10.1. The van der Waals surface area contributed by atoms with Crippen molar-refractivity contribution in [3.63, 3.8) is 0 Å². The molecule has 0 saturated heterocycles. The maximum atomic E-state index is 6.23. The lowest BCUT2D eigenvalue weighted by Gasteiger charge is -2.19. The summed E-state index contributed by atoms with van der Waals surface area (Å²) in [5.41, 5.74) is 1.72. The monoisotopic (exact) mass is 304 g/mol. The van der Waals surface area contributed by atoms with Gasteiger partial charge in [0, 0.05) is 11.0 Å². The van der Waals surface area contributed by atoms with Gasteiger partial charge in [0.25, 0.3) is 0 Å². The van der Waals surface area contributed by atoms with Gasteiger partial charge in [-0.15, -0.1) is 0 Å². The molecule has 0 bridgehead atoms. The molecule has 0 radical (unpaired) electrons. The summed E-state index contributed by atoms with van der Waals surface area (Å²) in [6, 6.07) is 7.96. The number of halogens is 1. The molecule has 1 aromatic carbocycles. The Morgan fingerprint density at radius 1 is 1.14 bits per heavy atom. The van der Waals surface area contributed by atoms with Gasteiger partial charge in [0.15, 0.2) is 0 Å². The Morgan fingerprint density at radius 3 is 2.43 bits per heavy atom. The number of aryl methyl sites for hydroxylation is 1. The maximum absolute atomic E-state index is 6.23. The minimum absolute atomic E-state index is 0.181. The predicted molar refractivity (Wildman–Crippen MR) is 86.4 cm³/mol. The third kappa shape index (κ3) is 3.53. The van der Waals surface area contributed by atoms with Crippen molar-refractivity contribution >= 4 is 11.6 Å². The summed E-state index contributed by atoms with van der Waals surface area (Å²) in [4.78, 5) is 8.92. The van der Waals surface area contributed by atoms with Crippen molar-refractivity contribution in [2.45, 2.75) is 46.5 Å². The molecular weight excluding hydrogens is 284 g/mol. The molecule has 0 unspecified atom stereocenters. The molecule has 0 saturated carbocycles. The number of hydrogen-bond donors (Lipinski definition) is 0. The second kappa shape index (κ2) is 6.02. The summed E-state index contributed by atoms with van der Waals surface area (Å²) < 4.78 is 6.01. The molecule has 0 fully saturated rings. The lowest BCUT2D eigenvalue weighted by molar-refractivity contribution is 0.437. The molecular formula is C17H21ClN2O. The topological polar surface area (TPSA) is 35.0 Å². The molecule has 1 aromatic heterocycles. The van der Waals surface area contributed by atoms with Gasteiger partial charge in [0.1, 0.15) is 16.7 Å². The lowest BCUT2D eigenvalue weighted by atomic mass is 9.96. The standard InChI is InChI=1S/C17H21ClN2O/c1-6-12-9-7-8-10-13(12)21-15-11(2)14(18)19-16(20-15)17(3,4)5/h7-10H,6H2,1-5H3. The van der Waals surface area contributed by atoms with Crippen LogP contribution in [0.1, 0.15) is 44.6 Å². The second-order valence-corrected chi connectivity index (χ2v) is 6.44. The highest BCUT2D eigenvalue weighted by Gasteiger charge is 2.21. The number of aromatic nitrogens is 2. The Bertz CT molecular complexity index is 648. The third-order valence-electron chi connectivity index (χ3n) is 3.27. The lowest BCUT2D eigenvalue weighted by Crippen LogP contribution is -2.17. The molecule has 0 aliphatic rings. The SMILES string of the molecule is CCc1ccccc1Oc1nc(C(C)(C)C)nc(Cl)c1C. The van der Waals surface area contributed by atoms with Gasteiger partial charge in [0.05, 0.1) is 0 Å². The predicted octanol–water partition coefficient (Wildman–Crippen LogP) is 5.09. The van der Waals surface area contributed by atoms with Crippen LogP contribution in [-0.4, -0.2) is 9.97 Å². The Balaban J connectivity index is 2.46. The van der Waals surface area contributed by atoms with Gasteiger partial charge in [-0.05, 0) is 25.0 Å². The molecule has 21 heavy (non-hydrogen) atoms. The van der Waals surface area contributed by atoms with Crippen molar-refractivity contribution in [1.29, 1.82) is 0 Å². The van der Waals surface area contributed by atoms with Gasteiger partial charge in [-0.2, -0.15) is 4.98 Å². The third-order valence-corrected chi connectivity index (χ3v) is 3.64. The van der Waals surface area contributed by atoms with E-state index >= 15 is 0 Å². The molecule has 0 N–H and O–H groups in total. The molecule has 1 heterocycles. The fourth-order valence-corrected chi connectivity index (χ4v) is 2.07. The molecule has 0 aliphatic heterocycles. The highest BCUT2D eigenvalue weighted by Crippen LogP contribution is 2.31. The van der Waals surface area contributed by atoms with E-state index in [2.05, 4.69) is 43.7 Å². The van der Waals surface area contributed by atoms with Crippen LogP contribution < -0.4 is 4.74 Å². The van der Waals surface area contributed by atoms with E-state index in [1.807, 2.05) is 25.1 Å². The summed E-state index contributed by atoms with van der Waals surface area (Å²) in [5, 5.41) is 0.443. The highest BCUT2D eigenvalue weighted by molar-refractivity contribution is 6.30. The Labute approximate surface area is 131 Å². The van der Waals surface area contributed by atoms with Gasteiger partial charge in [-0.3, -0.25) is 0 Å². The van der Waals surface area contributed by atoms with Gasteiger partial charge in [-0.1, -0.05) is 57.5 Å². The number of benzene rings is 1. The number of para-hydroxylation sites is 1. The Morgan fingerprint density at radius 2 is 1.81 bits per heavy atom. The van der Waals surface area contributed by atoms with E-state index < -0.39 is 0 Å². The van der Waals surface area contributed by atoms with Crippen molar-refractivity contribution < 1.29 is 4.74 Å². The van der Waals surface area contributed by atoms with E-state index in [9.17, 15) is 0 Å². The minimum Gasteiger partial charge on any atom is -0.438 e. The molecule has 0 amide bonds. The first-order valence-corrected chi connectivity index (χ1v) is 7.51. The van der Waals surface area contributed by atoms with Crippen molar-refractivity contribution in [3.05, 3.63) is 46.4 Å². The zero-order valence-electron chi connectivity index (χ0n) is 13.2. The Hall–Kier alpha value is -1.61. The first-order valence-electron chi connectivity index (χ1n) is 7.13. The van der Waals surface area contributed by atoms with Crippen molar-refractivity contribution in [1.82, 2.24) is 9.97 Å². The van der Waals surface area contributed by atoms with Gasteiger partial charge < -0.3 is 4.74 Å². The minimum atomic E-state index is -0.181. The molecule has 112 valence electrons. The van der Waals surface area contributed by atoms with Crippen LogP contribution in [0.25, 0.3) is 0 Å². The zero-order valence-corrected chi connectivity index (χ0v) is 14.0. The van der Waals surface area contributed by atoms with E-state index in [0.717, 1.165) is 23.3 Å². The molecule has 0 aliphatic carbocycles. The number of hydrogen-bond acceptors (Lipinski definition) is 3. The van der Waals surface area contributed by atoms with E-state index in [1.54, 1.807) is 0 Å². The molecule has 2 rings (SSSR count). The summed E-state index contributed by atoms with van der Waals surface area (Å²) >= 11 is 6.23. The zero-order chi connectivity index (χ0) is 15.6.